The van der Waals surface area contributed by atoms with Gasteiger partial charge < -0.3 is 9.72 Å². The average molecular weight is 243 g/mol. The maximum atomic E-state index is 11.2. The van der Waals surface area contributed by atoms with Crippen molar-refractivity contribution in [1.29, 1.82) is 0 Å². The zero-order valence-corrected chi connectivity index (χ0v) is 10.0. The Kier molecular flexibility index (Phi) is 3.63. The van der Waals surface area contributed by atoms with Crippen molar-refractivity contribution in [1.82, 2.24) is 9.88 Å². The van der Waals surface area contributed by atoms with Gasteiger partial charge in [0.25, 0.3) is 0 Å². The van der Waals surface area contributed by atoms with Gasteiger partial charge >= 0.3 is 0 Å². The summed E-state index contributed by atoms with van der Waals surface area (Å²) >= 11 is 6.04. The van der Waals surface area contributed by atoms with Crippen LogP contribution >= 0.6 is 11.6 Å². The molecule has 0 saturated carbocycles. The van der Waals surface area contributed by atoms with Crippen LogP contribution in [0.25, 0.3) is 0 Å². The summed E-state index contributed by atoms with van der Waals surface area (Å²) < 4.78 is 5.27. The van der Waals surface area contributed by atoms with E-state index >= 15 is 0 Å². The first-order valence-corrected chi connectivity index (χ1v) is 5.73. The summed E-state index contributed by atoms with van der Waals surface area (Å²) in [6.07, 6.45) is 0. The quantitative estimate of drug-likeness (QED) is 0.821. The Hall–Kier alpha value is -0.840. The van der Waals surface area contributed by atoms with Gasteiger partial charge in [0.2, 0.25) is 0 Å². The molecule has 5 heteroatoms. The van der Waals surface area contributed by atoms with Crippen LogP contribution in [0, 0.1) is 0 Å². The van der Waals surface area contributed by atoms with Crippen LogP contribution < -0.4 is 0 Å². The number of nitrogens with zero attached hydrogens (tertiary/aromatic N) is 1. The van der Waals surface area contributed by atoms with Crippen molar-refractivity contribution in [2.45, 2.75) is 13.5 Å². The monoisotopic (exact) mass is 242 g/mol. The molecule has 0 aliphatic carbocycles. The Balaban J connectivity index is 2.05. The van der Waals surface area contributed by atoms with Crippen molar-refractivity contribution in [3.8, 4) is 0 Å². The van der Waals surface area contributed by atoms with Crippen LogP contribution in [0.5, 0.6) is 0 Å². The summed E-state index contributed by atoms with van der Waals surface area (Å²) in [4.78, 5) is 16.3. The molecule has 0 radical (unpaired) electrons. The zero-order chi connectivity index (χ0) is 11.5. The SMILES string of the molecule is CC(=O)c1cc(CN2CCOCC2)c(Cl)[nH]1. The number of ether oxygens (including phenoxy) is 1. The van der Waals surface area contributed by atoms with Gasteiger partial charge in [0, 0.05) is 32.1 Å². The molecule has 16 heavy (non-hydrogen) atoms. The van der Waals surface area contributed by atoms with Gasteiger partial charge in [-0.15, -0.1) is 0 Å². The number of nitrogens with one attached hydrogen (secondary N) is 1. The van der Waals surface area contributed by atoms with Crippen molar-refractivity contribution >= 4 is 17.4 Å². The topological polar surface area (TPSA) is 45.3 Å². The van der Waals surface area contributed by atoms with Crippen molar-refractivity contribution in [3.05, 3.63) is 22.5 Å². The van der Waals surface area contributed by atoms with E-state index < -0.39 is 0 Å². The van der Waals surface area contributed by atoms with Crippen LogP contribution in [0.4, 0.5) is 0 Å². The van der Waals surface area contributed by atoms with Gasteiger partial charge in [-0.2, -0.15) is 0 Å². The molecule has 0 amide bonds. The fourth-order valence-corrected chi connectivity index (χ4v) is 1.99. The average Bonchev–Trinajstić information content (AvgIpc) is 2.62. The number of Topliss-reactive ketones (excluding diaryl/α,β-unsaturated/α-hetero) is 1. The highest BCUT2D eigenvalue weighted by Gasteiger charge is 2.15. The molecule has 1 aliphatic rings. The lowest BCUT2D eigenvalue weighted by molar-refractivity contribution is 0.0342. The molecular weight excluding hydrogens is 228 g/mol. The second kappa shape index (κ2) is 4.99. The first-order valence-electron chi connectivity index (χ1n) is 5.35. The smallest absolute Gasteiger partial charge is 0.175 e. The first-order chi connectivity index (χ1) is 7.66. The van der Waals surface area contributed by atoms with Crippen molar-refractivity contribution in [2.24, 2.45) is 0 Å². The number of carbonyl (C=O) groups is 1. The lowest BCUT2D eigenvalue weighted by atomic mass is 10.2. The molecular formula is C11H15ClN2O2. The minimum atomic E-state index is 0.00938. The number of hydrogen-bond acceptors (Lipinski definition) is 3. The van der Waals surface area contributed by atoms with Crippen LogP contribution in [-0.4, -0.2) is 42.0 Å². The normalized spacial score (nSPS) is 17.6. The molecule has 1 fully saturated rings. The molecule has 1 aromatic heterocycles. The van der Waals surface area contributed by atoms with Crippen molar-refractivity contribution < 1.29 is 9.53 Å². The number of morpholine rings is 1. The first kappa shape index (κ1) is 11.6. The molecule has 88 valence electrons. The minimum absolute atomic E-state index is 0.00938. The minimum Gasteiger partial charge on any atom is -0.379 e. The Morgan fingerprint density at radius 1 is 1.56 bits per heavy atom. The van der Waals surface area contributed by atoms with Crippen LogP contribution in [-0.2, 0) is 11.3 Å². The highest BCUT2D eigenvalue weighted by molar-refractivity contribution is 6.30. The number of rotatable bonds is 3. The molecule has 1 N–H and O–H groups in total. The molecule has 0 spiro atoms. The van der Waals surface area contributed by atoms with Gasteiger partial charge in [0.15, 0.2) is 5.78 Å². The van der Waals surface area contributed by atoms with E-state index in [1.807, 2.05) is 6.07 Å². The van der Waals surface area contributed by atoms with Gasteiger partial charge in [0.1, 0.15) is 5.15 Å². The van der Waals surface area contributed by atoms with Gasteiger partial charge in [-0.3, -0.25) is 9.69 Å². The lowest BCUT2D eigenvalue weighted by Gasteiger charge is -2.26. The van der Waals surface area contributed by atoms with Gasteiger partial charge in [0.05, 0.1) is 18.9 Å². The second-order valence-corrected chi connectivity index (χ2v) is 4.34. The van der Waals surface area contributed by atoms with E-state index in [9.17, 15) is 4.79 Å². The van der Waals surface area contributed by atoms with E-state index in [2.05, 4.69) is 9.88 Å². The highest BCUT2D eigenvalue weighted by Crippen LogP contribution is 2.19. The van der Waals surface area contributed by atoms with E-state index in [4.69, 9.17) is 16.3 Å². The fourth-order valence-electron chi connectivity index (χ4n) is 1.78. The highest BCUT2D eigenvalue weighted by atomic mass is 35.5. The number of carbonyl (C=O) groups excluding carboxylic acids is 1. The fraction of sp³-hybridized carbons (Fsp3) is 0.545. The largest absolute Gasteiger partial charge is 0.379 e. The number of ketones is 1. The molecule has 2 rings (SSSR count). The summed E-state index contributed by atoms with van der Waals surface area (Å²) in [5.41, 5.74) is 1.56. The summed E-state index contributed by atoms with van der Waals surface area (Å²) in [6.45, 7) is 5.66. The number of H-pyrrole nitrogens is 1. The number of aromatic amines is 1. The van der Waals surface area contributed by atoms with E-state index in [1.165, 1.54) is 6.92 Å². The molecule has 4 nitrogen and oxygen atoms in total. The third kappa shape index (κ3) is 2.64. The second-order valence-electron chi connectivity index (χ2n) is 3.97. The molecule has 0 atom stereocenters. The summed E-state index contributed by atoms with van der Waals surface area (Å²) in [6, 6.07) is 1.83. The number of aromatic nitrogens is 1. The molecule has 0 aromatic carbocycles. The Labute approximate surface area is 99.5 Å². The summed E-state index contributed by atoms with van der Waals surface area (Å²) in [5, 5.41) is 0.566. The van der Waals surface area contributed by atoms with Crippen molar-refractivity contribution in [2.75, 3.05) is 26.3 Å². The number of halogens is 1. The van der Waals surface area contributed by atoms with Crippen LogP contribution in [0.15, 0.2) is 6.07 Å². The molecule has 2 heterocycles. The van der Waals surface area contributed by atoms with Gasteiger partial charge in [-0.1, -0.05) is 11.6 Å². The third-order valence-corrected chi connectivity index (χ3v) is 3.06. The molecule has 0 bridgehead atoms. The van der Waals surface area contributed by atoms with E-state index in [0.29, 0.717) is 10.8 Å². The van der Waals surface area contributed by atoms with Crippen LogP contribution in [0.3, 0.4) is 0 Å². The predicted octanol–water partition coefficient (Wildman–Crippen LogP) is 1.70. The maximum absolute atomic E-state index is 11.2. The Morgan fingerprint density at radius 3 is 2.81 bits per heavy atom. The van der Waals surface area contributed by atoms with Crippen LogP contribution in [0.1, 0.15) is 23.0 Å². The standard InChI is InChI=1S/C11H15ClN2O2/c1-8(15)10-6-9(11(12)13-10)7-14-2-4-16-5-3-14/h6,13H,2-5,7H2,1H3. The van der Waals surface area contributed by atoms with Gasteiger partial charge in [-0.25, -0.2) is 0 Å². The van der Waals surface area contributed by atoms with E-state index in [1.54, 1.807) is 0 Å². The van der Waals surface area contributed by atoms with Crippen molar-refractivity contribution in [3.63, 3.8) is 0 Å². The Bertz CT molecular complexity index is 383. The van der Waals surface area contributed by atoms with E-state index in [-0.39, 0.29) is 5.78 Å². The zero-order valence-electron chi connectivity index (χ0n) is 9.25. The van der Waals surface area contributed by atoms with E-state index in [0.717, 1.165) is 38.4 Å². The van der Waals surface area contributed by atoms with Gasteiger partial charge in [-0.05, 0) is 6.07 Å². The summed E-state index contributed by atoms with van der Waals surface area (Å²) in [5.74, 6) is 0.00938. The molecule has 1 saturated heterocycles. The Morgan fingerprint density at radius 2 is 2.25 bits per heavy atom. The van der Waals surface area contributed by atoms with Crippen LogP contribution in [0.2, 0.25) is 5.15 Å². The molecule has 1 aromatic rings. The number of hydrogen-bond donors (Lipinski definition) is 1. The third-order valence-electron chi connectivity index (χ3n) is 2.72. The molecule has 1 aliphatic heterocycles. The summed E-state index contributed by atoms with van der Waals surface area (Å²) in [7, 11) is 0. The predicted molar refractivity (Wildman–Crippen MR) is 61.9 cm³/mol. The molecule has 0 unspecified atom stereocenters. The lowest BCUT2D eigenvalue weighted by Crippen LogP contribution is -2.35. The maximum Gasteiger partial charge on any atom is 0.175 e.